The number of carbonyl (C=O) groups is 2. The van der Waals surface area contributed by atoms with Gasteiger partial charge in [-0.25, -0.2) is 0 Å². The van der Waals surface area contributed by atoms with Gasteiger partial charge >= 0.3 is 5.97 Å². The number of nitrogens with one attached hydrogen (secondary N) is 1. The van der Waals surface area contributed by atoms with Crippen molar-refractivity contribution in [1.29, 1.82) is 0 Å². The van der Waals surface area contributed by atoms with E-state index in [1.54, 1.807) is 0 Å². The lowest BCUT2D eigenvalue weighted by Gasteiger charge is -2.26. The second-order valence-electron chi connectivity index (χ2n) is 5.12. The van der Waals surface area contributed by atoms with E-state index in [-0.39, 0.29) is 17.9 Å². The van der Waals surface area contributed by atoms with Gasteiger partial charge in [-0.05, 0) is 24.5 Å². The largest absolute Gasteiger partial charge is 0.491 e. The molecule has 5 heteroatoms. The molecule has 1 aromatic carbocycles. The molecule has 2 N–H and O–H groups in total. The summed E-state index contributed by atoms with van der Waals surface area (Å²) in [6, 6.07) is 7.67. The van der Waals surface area contributed by atoms with Gasteiger partial charge in [0.1, 0.15) is 12.4 Å². The highest BCUT2D eigenvalue weighted by Crippen LogP contribution is 2.39. The van der Waals surface area contributed by atoms with E-state index in [2.05, 4.69) is 5.32 Å². The molecule has 3 rings (SSSR count). The molecule has 2 aliphatic rings. The number of amides is 1. The van der Waals surface area contributed by atoms with E-state index in [1.165, 1.54) is 0 Å². The molecule has 5 nitrogen and oxygen atoms in total. The van der Waals surface area contributed by atoms with Crippen molar-refractivity contribution in [3.63, 3.8) is 0 Å². The van der Waals surface area contributed by atoms with Gasteiger partial charge in [-0.15, -0.1) is 0 Å². The molecule has 1 saturated carbocycles. The normalized spacial score (nSPS) is 27.9. The fraction of sp³-hybridized carbons (Fsp3) is 0.429. The maximum absolute atomic E-state index is 11.9. The number of carboxylic acid groups (broad SMARTS) is 1. The van der Waals surface area contributed by atoms with Gasteiger partial charge in [0.15, 0.2) is 0 Å². The van der Waals surface area contributed by atoms with Crippen LogP contribution in [0.2, 0.25) is 0 Å². The van der Waals surface area contributed by atoms with Gasteiger partial charge in [-0.3, -0.25) is 9.59 Å². The first-order chi connectivity index (χ1) is 9.15. The third-order valence-electron chi connectivity index (χ3n) is 3.67. The van der Waals surface area contributed by atoms with Gasteiger partial charge in [-0.1, -0.05) is 18.2 Å². The van der Waals surface area contributed by atoms with E-state index in [4.69, 9.17) is 9.84 Å². The Hall–Kier alpha value is -2.04. The molecule has 1 heterocycles. The first-order valence-electron chi connectivity index (χ1n) is 6.39. The van der Waals surface area contributed by atoms with Crippen LogP contribution in [-0.4, -0.2) is 29.6 Å². The highest BCUT2D eigenvalue weighted by atomic mass is 16.5. The van der Waals surface area contributed by atoms with Crippen LogP contribution in [0, 0.1) is 11.8 Å². The van der Waals surface area contributed by atoms with Crippen LogP contribution in [0.15, 0.2) is 24.3 Å². The van der Waals surface area contributed by atoms with Crippen molar-refractivity contribution in [1.82, 2.24) is 5.32 Å². The number of carbonyl (C=O) groups excluding carboxylic acids is 1. The molecule has 0 bridgehead atoms. The third kappa shape index (κ3) is 2.41. The number of hydrogen-bond donors (Lipinski definition) is 2. The molecule has 1 fully saturated rings. The minimum Gasteiger partial charge on any atom is -0.491 e. The Morgan fingerprint density at radius 1 is 1.26 bits per heavy atom. The van der Waals surface area contributed by atoms with Crippen LogP contribution in [0.5, 0.6) is 5.75 Å². The van der Waals surface area contributed by atoms with Crippen LogP contribution in [0.4, 0.5) is 0 Å². The predicted molar refractivity (Wildman–Crippen MR) is 66.8 cm³/mol. The topological polar surface area (TPSA) is 75.6 Å². The molecule has 0 aromatic heterocycles. The number of para-hydroxylation sites is 1. The number of benzene rings is 1. The summed E-state index contributed by atoms with van der Waals surface area (Å²) in [5.74, 6) is -1.06. The number of aliphatic carboxylic acids is 1. The zero-order chi connectivity index (χ0) is 13.4. The van der Waals surface area contributed by atoms with Crippen LogP contribution in [0.25, 0.3) is 0 Å². The van der Waals surface area contributed by atoms with E-state index in [0.717, 1.165) is 17.7 Å². The van der Waals surface area contributed by atoms with Crippen LogP contribution >= 0.6 is 0 Å². The summed E-state index contributed by atoms with van der Waals surface area (Å²) >= 11 is 0. The lowest BCUT2D eigenvalue weighted by molar-refractivity contribution is -0.140. The third-order valence-corrected chi connectivity index (χ3v) is 3.67. The van der Waals surface area contributed by atoms with Gasteiger partial charge in [-0.2, -0.15) is 0 Å². The van der Waals surface area contributed by atoms with Crippen LogP contribution in [-0.2, 0) is 16.0 Å². The molecule has 3 atom stereocenters. The Morgan fingerprint density at radius 2 is 2.05 bits per heavy atom. The van der Waals surface area contributed by atoms with Gasteiger partial charge in [0.2, 0.25) is 5.91 Å². The monoisotopic (exact) mass is 261 g/mol. The number of ether oxygens (including phenoxy) is 1. The second kappa shape index (κ2) is 4.57. The molecular formula is C14H15NO4. The lowest BCUT2D eigenvalue weighted by Crippen LogP contribution is -2.43. The molecule has 1 amide bonds. The van der Waals surface area contributed by atoms with Crippen molar-refractivity contribution in [3.05, 3.63) is 29.8 Å². The summed E-state index contributed by atoms with van der Waals surface area (Å²) in [6.07, 6.45) is 1.18. The zero-order valence-corrected chi connectivity index (χ0v) is 10.3. The van der Waals surface area contributed by atoms with E-state index in [1.807, 2.05) is 24.3 Å². The maximum Gasteiger partial charge on any atom is 0.307 e. The summed E-state index contributed by atoms with van der Waals surface area (Å²) in [6.45, 7) is 0.438. The first-order valence-corrected chi connectivity index (χ1v) is 6.39. The van der Waals surface area contributed by atoms with Gasteiger partial charge in [0.05, 0.1) is 17.9 Å². The molecule has 100 valence electrons. The first kappa shape index (κ1) is 12.0. The average molecular weight is 261 g/mol. The number of carboxylic acids is 1. The Kier molecular flexibility index (Phi) is 2.89. The minimum atomic E-state index is -0.884. The molecule has 1 aliphatic carbocycles. The number of fused-ring (bicyclic) bond motifs is 1. The summed E-state index contributed by atoms with van der Waals surface area (Å²) in [7, 11) is 0. The Balaban J connectivity index is 1.58. The highest BCUT2D eigenvalue weighted by Gasteiger charge is 2.48. The highest BCUT2D eigenvalue weighted by molar-refractivity contribution is 5.89. The Labute approximate surface area is 110 Å². The van der Waals surface area contributed by atoms with Crippen molar-refractivity contribution in [2.45, 2.75) is 18.9 Å². The van der Waals surface area contributed by atoms with Crippen molar-refractivity contribution >= 4 is 11.9 Å². The number of hydrogen-bond acceptors (Lipinski definition) is 3. The molecule has 0 spiro atoms. The molecule has 0 saturated heterocycles. The van der Waals surface area contributed by atoms with Crippen LogP contribution in [0.1, 0.15) is 12.0 Å². The summed E-state index contributed by atoms with van der Waals surface area (Å²) in [5.41, 5.74) is 1.07. The Bertz CT molecular complexity index is 528. The van der Waals surface area contributed by atoms with Crippen LogP contribution < -0.4 is 10.1 Å². The van der Waals surface area contributed by atoms with E-state index in [0.29, 0.717) is 13.0 Å². The smallest absolute Gasteiger partial charge is 0.307 e. The molecular weight excluding hydrogens is 246 g/mol. The van der Waals surface area contributed by atoms with Gasteiger partial charge in [0, 0.05) is 0 Å². The predicted octanol–water partition coefficient (Wildman–Crippen LogP) is 0.827. The second-order valence-corrected chi connectivity index (χ2v) is 5.12. The van der Waals surface area contributed by atoms with Gasteiger partial charge < -0.3 is 15.2 Å². The molecule has 0 radical (unpaired) electrons. The molecule has 1 aliphatic heterocycles. The minimum absolute atomic E-state index is 0.0718. The zero-order valence-electron chi connectivity index (χ0n) is 10.3. The molecule has 0 unspecified atom stereocenters. The standard InChI is InChI=1S/C14H15NO4/c16-13(10-6-11(10)14(17)18)15-9-5-8-3-1-2-4-12(8)19-7-9/h1-4,9-11H,5-7H2,(H,15,16)(H,17,18)/t9-,10+,11+/m0/s1. The maximum atomic E-state index is 11.9. The van der Waals surface area contributed by atoms with E-state index < -0.39 is 11.9 Å². The molecule has 19 heavy (non-hydrogen) atoms. The van der Waals surface area contributed by atoms with Gasteiger partial charge in [0.25, 0.3) is 0 Å². The van der Waals surface area contributed by atoms with Crippen molar-refractivity contribution in [2.24, 2.45) is 11.8 Å². The van der Waals surface area contributed by atoms with Crippen LogP contribution in [0.3, 0.4) is 0 Å². The van der Waals surface area contributed by atoms with Crippen molar-refractivity contribution < 1.29 is 19.4 Å². The van der Waals surface area contributed by atoms with E-state index >= 15 is 0 Å². The summed E-state index contributed by atoms with van der Waals surface area (Å²) in [5, 5.41) is 11.7. The summed E-state index contributed by atoms with van der Waals surface area (Å²) in [4.78, 5) is 22.6. The quantitative estimate of drug-likeness (QED) is 0.845. The summed E-state index contributed by atoms with van der Waals surface area (Å²) < 4.78 is 5.58. The molecule has 1 aromatic rings. The SMILES string of the molecule is O=C(O)[C@@H]1C[C@H]1C(=O)N[C@@H]1COc2ccccc2C1. The average Bonchev–Trinajstić information content (AvgIpc) is 3.19. The Morgan fingerprint density at radius 3 is 2.79 bits per heavy atom. The lowest BCUT2D eigenvalue weighted by atomic mass is 10.0. The van der Waals surface area contributed by atoms with Crippen molar-refractivity contribution in [3.8, 4) is 5.75 Å². The van der Waals surface area contributed by atoms with Crippen molar-refractivity contribution in [2.75, 3.05) is 6.61 Å². The number of rotatable bonds is 3. The fourth-order valence-corrected chi connectivity index (χ4v) is 2.49. The fourth-order valence-electron chi connectivity index (χ4n) is 2.49. The van der Waals surface area contributed by atoms with E-state index in [9.17, 15) is 9.59 Å².